The third-order valence-electron chi connectivity index (χ3n) is 10.2. The first-order valence-corrected chi connectivity index (χ1v) is 18.2. The molecule has 0 bridgehead atoms. The number of nitrogens with zero attached hydrogens (tertiary/aromatic N) is 4. The SMILES string of the molecule is CCOc1ccc(N2CC=C[C@H]3S[C@]45C=CCN(c6ccc(N(CC)CC)cc6)C(=O)C4N([C@@H](CO)CC(C)C)C(=O)[C@@H]5[C@H]3C2=O)cc1. The van der Waals surface area contributed by atoms with E-state index < -0.39 is 28.7 Å². The molecule has 2 aromatic carbocycles. The van der Waals surface area contributed by atoms with Crippen LogP contribution in [0, 0.1) is 17.8 Å². The average molecular weight is 673 g/mol. The molecule has 9 nitrogen and oxygen atoms in total. The van der Waals surface area contributed by atoms with E-state index in [4.69, 9.17) is 4.74 Å². The largest absolute Gasteiger partial charge is 0.494 e. The number of aliphatic hydroxyl groups is 1. The molecule has 1 N–H and O–H groups in total. The lowest BCUT2D eigenvalue weighted by atomic mass is 9.78. The minimum atomic E-state index is -0.967. The van der Waals surface area contributed by atoms with Gasteiger partial charge in [0.05, 0.1) is 35.8 Å². The number of hydrogen-bond donors (Lipinski definition) is 1. The molecule has 4 aliphatic heterocycles. The highest BCUT2D eigenvalue weighted by Gasteiger charge is 2.71. The van der Waals surface area contributed by atoms with Gasteiger partial charge in [-0.1, -0.05) is 38.2 Å². The predicted molar refractivity (Wildman–Crippen MR) is 193 cm³/mol. The number of carbonyl (C=O) groups is 3. The lowest BCUT2D eigenvalue weighted by molar-refractivity contribution is -0.142. The van der Waals surface area contributed by atoms with E-state index in [0.717, 1.165) is 35.9 Å². The number of amides is 3. The Morgan fingerprint density at radius 2 is 1.52 bits per heavy atom. The second-order valence-corrected chi connectivity index (χ2v) is 14.9. The second-order valence-electron chi connectivity index (χ2n) is 13.4. The molecule has 4 heterocycles. The number of benzene rings is 2. The molecule has 2 saturated heterocycles. The maximum absolute atomic E-state index is 14.9. The van der Waals surface area contributed by atoms with Crippen LogP contribution in [0.15, 0.2) is 72.8 Å². The van der Waals surface area contributed by atoms with Gasteiger partial charge in [-0.3, -0.25) is 14.4 Å². The first kappa shape index (κ1) is 34.1. The second kappa shape index (κ2) is 14.0. The molecule has 1 unspecified atom stereocenters. The van der Waals surface area contributed by atoms with Gasteiger partial charge >= 0.3 is 0 Å². The number of rotatable bonds is 11. The summed E-state index contributed by atoms with van der Waals surface area (Å²) in [7, 11) is 0. The first-order valence-electron chi connectivity index (χ1n) is 17.3. The predicted octanol–water partition coefficient (Wildman–Crippen LogP) is 5.14. The van der Waals surface area contributed by atoms with E-state index in [1.54, 1.807) is 26.5 Å². The zero-order valence-corrected chi connectivity index (χ0v) is 29.4. The molecule has 0 radical (unpaired) electrons. The summed E-state index contributed by atoms with van der Waals surface area (Å²) in [5, 5.41) is 10.4. The van der Waals surface area contributed by atoms with Crippen LogP contribution in [-0.4, -0.2) is 89.2 Å². The zero-order chi connectivity index (χ0) is 34.2. The van der Waals surface area contributed by atoms with Crippen molar-refractivity contribution in [3.05, 3.63) is 72.8 Å². The summed E-state index contributed by atoms with van der Waals surface area (Å²) in [5.74, 6) is -1.06. The number of hydrogen-bond acceptors (Lipinski definition) is 7. The highest BCUT2D eigenvalue weighted by molar-refractivity contribution is 8.02. The van der Waals surface area contributed by atoms with Gasteiger partial charge in [0.25, 0.3) is 5.91 Å². The number of thioether (sulfide) groups is 1. The molecule has 2 aromatic rings. The third-order valence-corrected chi connectivity index (χ3v) is 11.9. The van der Waals surface area contributed by atoms with Crippen LogP contribution in [-0.2, 0) is 14.4 Å². The van der Waals surface area contributed by atoms with Gasteiger partial charge in [-0.15, -0.1) is 11.8 Å². The molecule has 4 aliphatic rings. The van der Waals surface area contributed by atoms with Crippen molar-refractivity contribution < 1.29 is 24.2 Å². The molecule has 6 atom stereocenters. The number of aliphatic hydroxyl groups excluding tert-OH is 1. The summed E-state index contributed by atoms with van der Waals surface area (Å²) >= 11 is 1.56. The lowest BCUT2D eigenvalue weighted by Gasteiger charge is -2.39. The quantitative estimate of drug-likeness (QED) is 0.331. The third kappa shape index (κ3) is 5.81. The van der Waals surface area contributed by atoms with Gasteiger partial charge in [0.1, 0.15) is 11.8 Å². The Morgan fingerprint density at radius 1 is 0.896 bits per heavy atom. The van der Waals surface area contributed by atoms with Crippen molar-refractivity contribution in [1.29, 1.82) is 0 Å². The summed E-state index contributed by atoms with van der Waals surface area (Å²) in [5.41, 5.74) is 2.58. The van der Waals surface area contributed by atoms with Crippen LogP contribution in [0.4, 0.5) is 17.1 Å². The van der Waals surface area contributed by atoms with Gasteiger partial charge in [0, 0.05) is 48.5 Å². The van der Waals surface area contributed by atoms with Gasteiger partial charge in [-0.2, -0.15) is 0 Å². The van der Waals surface area contributed by atoms with E-state index in [1.807, 2.05) is 79.8 Å². The van der Waals surface area contributed by atoms with Gasteiger partial charge in [0.15, 0.2) is 0 Å². The molecule has 0 aromatic heterocycles. The van der Waals surface area contributed by atoms with Crippen molar-refractivity contribution in [2.24, 2.45) is 17.8 Å². The molecule has 48 heavy (non-hydrogen) atoms. The van der Waals surface area contributed by atoms with Crippen molar-refractivity contribution in [2.45, 2.75) is 63.1 Å². The normalized spacial score (nSPS) is 27.1. The van der Waals surface area contributed by atoms with Crippen LogP contribution < -0.4 is 19.4 Å². The molecule has 0 aliphatic carbocycles. The van der Waals surface area contributed by atoms with Crippen LogP contribution in [0.1, 0.15) is 41.0 Å². The van der Waals surface area contributed by atoms with Crippen molar-refractivity contribution in [2.75, 3.05) is 54.1 Å². The van der Waals surface area contributed by atoms with Crippen LogP contribution in [0.25, 0.3) is 0 Å². The molecule has 0 saturated carbocycles. The van der Waals surface area contributed by atoms with Crippen LogP contribution in [0.5, 0.6) is 5.75 Å². The number of ether oxygens (including phenoxy) is 1. The van der Waals surface area contributed by atoms with Crippen molar-refractivity contribution in [3.63, 3.8) is 0 Å². The smallest absolute Gasteiger partial charge is 0.251 e. The molecule has 6 rings (SSSR count). The van der Waals surface area contributed by atoms with E-state index >= 15 is 0 Å². The number of anilines is 3. The molecule has 256 valence electrons. The Morgan fingerprint density at radius 3 is 2.12 bits per heavy atom. The van der Waals surface area contributed by atoms with E-state index in [1.165, 1.54) is 0 Å². The van der Waals surface area contributed by atoms with Gasteiger partial charge in [0.2, 0.25) is 11.8 Å². The minimum Gasteiger partial charge on any atom is -0.494 e. The summed E-state index contributed by atoms with van der Waals surface area (Å²) in [6.07, 6.45) is 8.62. The Labute approximate surface area is 288 Å². The summed E-state index contributed by atoms with van der Waals surface area (Å²) in [4.78, 5) is 51.8. The lowest BCUT2D eigenvalue weighted by Crippen LogP contribution is -2.57. The summed E-state index contributed by atoms with van der Waals surface area (Å²) < 4.78 is 4.66. The Bertz CT molecular complexity index is 1560. The Hall–Kier alpha value is -3.76. The maximum Gasteiger partial charge on any atom is 0.251 e. The van der Waals surface area contributed by atoms with Crippen LogP contribution >= 0.6 is 11.8 Å². The molecule has 3 amide bonds. The fourth-order valence-electron chi connectivity index (χ4n) is 8.07. The topological polar surface area (TPSA) is 93.6 Å². The Kier molecular flexibility index (Phi) is 9.95. The highest BCUT2D eigenvalue weighted by Crippen LogP contribution is 2.61. The molecule has 1 spiro atoms. The first-order chi connectivity index (χ1) is 23.2. The van der Waals surface area contributed by atoms with E-state index in [0.29, 0.717) is 26.1 Å². The maximum atomic E-state index is 14.9. The standard InChI is InChI=1S/C38H48N4O5S/c1-6-39(7-2)26-12-14-27(15-13-26)41-22-10-20-38-33(36(45)42(34(38)37(41)46)29(24-43)23-25(4)5)32-31(48-38)11-9-21-40(35(32)44)28-16-18-30(19-17-28)47-8-3/h9-20,25,29,31-34,43H,6-8,21-24H2,1-5H3/t29-,31-,32+,33+,34?,38+/m1/s1. The minimum absolute atomic E-state index is 0.129. The highest BCUT2D eigenvalue weighted by atomic mass is 32.2. The van der Waals surface area contributed by atoms with E-state index in [9.17, 15) is 19.5 Å². The Balaban J connectivity index is 1.40. The van der Waals surface area contributed by atoms with Crippen molar-refractivity contribution in [1.82, 2.24) is 4.90 Å². The average Bonchev–Trinajstić information content (AvgIpc) is 3.40. The summed E-state index contributed by atoms with van der Waals surface area (Å²) in [6, 6.07) is 14.1. The molecular formula is C38H48N4O5S. The van der Waals surface area contributed by atoms with Gasteiger partial charge in [-0.05, 0) is 81.6 Å². The van der Waals surface area contributed by atoms with Crippen molar-refractivity contribution >= 4 is 46.5 Å². The van der Waals surface area contributed by atoms with E-state index in [-0.39, 0.29) is 35.5 Å². The van der Waals surface area contributed by atoms with Gasteiger partial charge in [-0.25, -0.2) is 0 Å². The zero-order valence-electron chi connectivity index (χ0n) is 28.6. The van der Waals surface area contributed by atoms with E-state index in [2.05, 4.69) is 32.6 Å². The number of fused-ring (bicyclic) bond motifs is 2. The van der Waals surface area contributed by atoms with Crippen LogP contribution in [0.2, 0.25) is 0 Å². The fraction of sp³-hybridized carbons (Fsp3) is 0.500. The number of likely N-dealkylation sites (tertiary alicyclic amines) is 1. The monoisotopic (exact) mass is 672 g/mol. The number of carbonyl (C=O) groups excluding carboxylic acids is 3. The molecular weight excluding hydrogens is 625 g/mol. The molecule has 10 heteroatoms. The fourth-order valence-corrected chi connectivity index (χ4v) is 10.1. The van der Waals surface area contributed by atoms with Crippen molar-refractivity contribution in [3.8, 4) is 5.75 Å². The summed E-state index contributed by atoms with van der Waals surface area (Å²) in [6.45, 7) is 13.1. The molecule has 2 fully saturated rings. The van der Waals surface area contributed by atoms with Crippen LogP contribution in [0.3, 0.4) is 0 Å². The van der Waals surface area contributed by atoms with Gasteiger partial charge < -0.3 is 29.4 Å².